The molecule has 0 aliphatic carbocycles. The quantitative estimate of drug-likeness (QED) is 0.637. The molecule has 0 aromatic carbocycles. The third-order valence-electron chi connectivity index (χ3n) is 1.24. The highest BCUT2D eigenvalue weighted by Crippen LogP contribution is 1.80. The number of rotatable bonds is 3. The highest BCUT2D eigenvalue weighted by atomic mass is 16.1. The maximum Gasteiger partial charge on any atom is 0.216 e. The number of tetrazole rings is 1. The minimum atomic E-state index is -0.0492. The zero-order valence-corrected chi connectivity index (χ0v) is 7.11. The number of aryl methyl sites for hydroxylation is 1. The van der Waals surface area contributed by atoms with E-state index in [4.69, 9.17) is 0 Å². The van der Waals surface area contributed by atoms with Gasteiger partial charge in [-0.15, -0.1) is 10.2 Å². The second-order valence-corrected chi connectivity index (χ2v) is 2.42. The van der Waals surface area contributed by atoms with Crippen molar-refractivity contribution in [1.29, 1.82) is 0 Å². The van der Waals surface area contributed by atoms with Gasteiger partial charge in [0.15, 0.2) is 5.82 Å². The van der Waals surface area contributed by atoms with Gasteiger partial charge in [0.05, 0.1) is 6.54 Å². The summed E-state index contributed by atoms with van der Waals surface area (Å²) in [4.78, 5) is 11.9. The Balaban J connectivity index is 2.29. The molecule has 1 rings (SSSR count). The first-order chi connectivity index (χ1) is 5.68. The highest BCUT2D eigenvalue weighted by Gasteiger charge is 1.96. The number of carbonyl (C=O) groups is 1. The third kappa shape index (κ3) is 2.65. The lowest BCUT2D eigenvalue weighted by molar-refractivity contribution is -0.119. The van der Waals surface area contributed by atoms with Crippen LogP contribution in [0, 0.1) is 6.92 Å². The Morgan fingerprint density at radius 3 is 2.92 bits per heavy atom. The summed E-state index contributed by atoms with van der Waals surface area (Å²) in [5.74, 6) is 0.588. The predicted octanol–water partition coefficient (Wildman–Crippen LogP) is -0.882. The fraction of sp³-hybridized carbons (Fsp3) is 0.667. The predicted molar refractivity (Wildman–Crippen MR) is 41.2 cm³/mol. The van der Waals surface area contributed by atoms with Crippen molar-refractivity contribution in [3.8, 4) is 0 Å². The van der Waals surface area contributed by atoms with E-state index < -0.39 is 0 Å². The molecule has 1 amide bonds. The molecule has 0 aliphatic heterocycles. The maximum absolute atomic E-state index is 10.5. The van der Waals surface area contributed by atoms with Gasteiger partial charge in [0.25, 0.3) is 0 Å². The van der Waals surface area contributed by atoms with Crippen LogP contribution in [0.2, 0.25) is 0 Å². The van der Waals surface area contributed by atoms with E-state index in [0.717, 1.165) is 0 Å². The lowest BCUT2D eigenvalue weighted by atomic mass is 10.6. The van der Waals surface area contributed by atoms with E-state index in [1.54, 1.807) is 6.92 Å². The zero-order valence-electron chi connectivity index (χ0n) is 7.11. The van der Waals surface area contributed by atoms with Gasteiger partial charge in [0, 0.05) is 13.5 Å². The molecule has 0 fully saturated rings. The summed E-state index contributed by atoms with van der Waals surface area (Å²) in [6, 6.07) is 0. The van der Waals surface area contributed by atoms with E-state index in [-0.39, 0.29) is 5.91 Å². The van der Waals surface area contributed by atoms with Crippen LogP contribution in [-0.4, -0.2) is 32.7 Å². The number of amides is 1. The van der Waals surface area contributed by atoms with Gasteiger partial charge in [-0.3, -0.25) is 4.79 Å². The Morgan fingerprint density at radius 2 is 2.42 bits per heavy atom. The second-order valence-electron chi connectivity index (χ2n) is 2.42. The summed E-state index contributed by atoms with van der Waals surface area (Å²) >= 11 is 0. The van der Waals surface area contributed by atoms with E-state index >= 15 is 0 Å². The van der Waals surface area contributed by atoms with Crippen molar-refractivity contribution in [2.45, 2.75) is 20.4 Å². The van der Waals surface area contributed by atoms with Gasteiger partial charge >= 0.3 is 0 Å². The standard InChI is InChI=1S/C6H11N5O/c1-5-8-10-11(9-5)4-3-7-6(2)12/h3-4H2,1-2H3,(H,7,12). The van der Waals surface area contributed by atoms with Gasteiger partial charge in [0.2, 0.25) is 5.91 Å². The van der Waals surface area contributed by atoms with Gasteiger partial charge in [-0.25, -0.2) is 0 Å². The van der Waals surface area contributed by atoms with E-state index in [9.17, 15) is 4.79 Å². The van der Waals surface area contributed by atoms with Crippen molar-refractivity contribution in [2.24, 2.45) is 0 Å². The molecular weight excluding hydrogens is 158 g/mol. The molecule has 6 nitrogen and oxygen atoms in total. The summed E-state index contributed by atoms with van der Waals surface area (Å²) < 4.78 is 0. The average molecular weight is 169 g/mol. The second kappa shape index (κ2) is 3.80. The molecule has 1 heterocycles. The monoisotopic (exact) mass is 169 g/mol. The van der Waals surface area contributed by atoms with Crippen LogP contribution >= 0.6 is 0 Å². The fourth-order valence-electron chi connectivity index (χ4n) is 0.750. The third-order valence-corrected chi connectivity index (χ3v) is 1.24. The number of aromatic nitrogens is 4. The fourth-order valence-corrected chi connectivity index (χ4v) is 0.750. The molecule has 0 saturated carbocycles. The first-order valence-electron chi connectivity index (χ1n) is 3.67. The Kier molecular flexibility index (Phi) is 2.73. The maximum atomic E-state index is 10.5. The number of nitrogens with one attached hydrogen (secondary N) is 1. The van der Waals surface area contributed by atoms with Crippen LogP contribution in [0.5, 0.6) is 0 Å². The Labute approximate surface area is 70.0 Å². The molecule has 1 aromatic heterocycles. The SMILES string of the molecule is CC(=O)NCCn1nnc(C)n1. The largest absolute Gasteiger partial charge is 0.354 e. The first kappa shape index (κ1) is 8.63. The number of hydrogen-bond donors (Lipinski definition) is 1. The molecule has 0 spiro atoms. The van der Waals surface area contributed by atoms with Crippen LogP contribution in [-0.2, 0) is 11.3 Å². The van der Waals surface area contributed by atoms with Crippen molar-refractivity contribution >= 4 is 5.91 Å². The molecule has 0 aliphatic rings. The molecule has 0 unspecified atom stereocenters. The minimum Gasteiger partial charge on any atom is -0.354 e. The van der Waals surface area contributed by atoms with Gasteiger partial charge in [0.1, 0.15) is 0 Å². The van der Waals surface area contributed by atoms with E-state index in [0.29, 0.717) is 18.9 Å². The van der Waals surface area contributed by atoms with Gasteiger partial charge in [-0.2, -0.15) is 4.80 Å². The summed E-state index contributed by atoms with van der Waals surface area (Å²) in [5.41, 5.74) is 0. The Morgan fingerprint density at radius 1 is 1.67 bits per heavy atom. The van der Waals surface area contributed by atoms with E-state index in [2.05, 4.69) is 20.7 Å². The summed E-state index contributed by atoms with van der Waals surface area (Å²) in [6.07, 6.45) is 0. The molecule has 0 radical (unpaired) electrons. The van der Waals surface area contributed by atoms with Crippen LogP contribution in [0.15, 0.2) is 0 Å². The van der Waals surface area contributed by atoms with Gasteiger partial charge in [-0.05, 0) is 12.1 Å². The van der Waals surface area contributed by atoms with Crippen molar-refractivity contribution in [2.75, 3.05) is 6.54 Å². The Hall–Kier alpha value is -1.46. The molecule has 0 atom stereocenters. The molecule has 1 aromatic rings. The van der Waals surface area contributed by atoms with Crippen molar-refractivity contribution in [1.82, 2.24) is 25.5 Å². The molecule has 0 bridgehead atoms. The van der Waals surface area contributed by atoms with E-state index in [1.165, 1.54) is 11.7 Å². The van der Waals surface area contributed by atoms with Gasteiger partial charge < -0.3 is 5.32 Å². The molecular formula is C6H11N5O. The molecule has 0 saturated heterocycles. The van der Waals surface area contributed by atoms with Crippen LogP contribution in [0.3, 0.4) is 0 Å². The van der Waals surface area contributed by atoms with Crippen LogP contribution in [0.25, 0.3) is 0 Å². The summed E-state index contributed by atoms with van der Waals surface area (Å²) in [5, 5.41) is 14.0. The molecule has 1 N–H and O–H groups in total. The lowest BCUT2D eigenvalue weighted by Crippen LogP contribution is -2.25. The normalized spacial score (nSPS) is 9.83. The molecule has 6 heteroatoms. The zero-order chi connectivity index (χ0) is 8.97. The minimum absolute atomic E-state index is 0.0492. The van der Waals surface area contributed by atoms with Crippen LogP contribution in [0.1, 0.15) is 12.7 Å². The number of carbonyl (C=O) groups excluding carboxylic acids is 1. The van der Waals surface area contributed by atoms with Crippen molar-refractivity contribution in [3.05, 3.63) is 5.82 Å². The van der Waals surface area contributed by atoms with Crippen LogP contribution < -0.4 is 5.32 Å². The summed E-state index contributed by atoms with van der Waals surface area (Å²) in [7, 11) is 0. The first-order valence-corrected chi connectivity index (χ1v) is 3.67. The van der Waals surface area contributed by atoms with E-state index in [1.807, 2.05) is 0 Å². The lowest BCUT2D eigenvalue weighted by Gasteiger charge is -1.98. The Bertz CT molecular complexity index is 269. The van der Waals surface area contributed by atoms with Crippen molar-refractivity contribution in [3.63, 3.8) is 0 Å². The smallest absolute Gasteiger partial charge is 0.216 e. The summed E-state index contributed by atoms with van der Waals surface area (Å²) in [6.45, 7) is 4.33. The number of hydrogen-bond acceptors (Lipinski definition) is 4. The number of nitrogens with zero attached hydrogens (tertiary/aromatic N) is 4. The van der Waals surface area contributed by atoms with Crippen molar-refractivity contribution < 1.29 is 4.79 Å². The van der Waals surface area contributed by atoms with Gasteiger partial charge in [-0.1, -0.05) is 0 Å². The van der Waals surface area contributed by atoms with Crippen LogP contribution in [0.4, 0.5) is 0 Å². The average Bonchev–Trinajstić information content (AvgIpc) is 2.35. The molecule has 12 heavy (non-hydrogen) atoms. The molecule has 66 valence electrons. The topological polar surface area (TPSA) is 72.7 Å². The highest BCUT2D eigenvalue weighted by molar-refractivity contribution is 5.72.